The van der Waals surface area contributed by atoms with Crippen LogP contribution in [-0.4, -0.2) is 22.1 Å². The summed E-state index contributed by atoms with van der Waals surface area (Å²) in [5, 5.41) is 2.86. The third-order valence-electron chi connectivity index (χ3n) is 4.67. The Hall–Kier alpha value is -3.60. The topological polar surface area (TPSA) is 56.1 Å². The summed E-state index contributed by atoms with van der Waals surface area (Å²) in [6, 6.07) is 23.3. The molecule has 4 rings (SSSR count). The second-order valence-corrected chi connectivity index (χ2v) is 6.66. The van der Waals surface area contributed by atoms with Gasteiger partial charge in [-0.3, -0.25) is 4.79 Å². The summed E-state index contributed by atoms with van der Waals surface area (Å²) < 4.78 is 7.66. The smallest absolute Gasteiger partial charge is 0.262 e. The molecule has 1 heterocycles. The zero-order valence-electron chi connectivity index (χ0n) is 15.8. The molecule has 0 atom stereocenters. The van der Waals surface area contributed by atoms with Crippen molar-refractivity contribution in [2.24, 2.45) is 7.05 Å². The summed E-state index contributed by atoms with van der Waals surface area (Å²) in [5.74, 6) is 1.41. The predicted molar refractivity (Wildman–Crippen MR) is 111 cm³/mol. The highest BCUT2D eigenvalue weighted by Crippen LogP contribution is 2.24. The molecule has 0 radical (unpaired) electrons. The van der Waals surface area contributed by atoms with E-state index in [2.05, 4.69) is 16.0 Å². The van der Waals surface area contributed by atoms with Crippen LogP contribution in [0.5, 0.6) is 5.75 Å². The van der Waals surface area contributed by atoms with Gasteiger partial charge in [0.05, 0.1) is 11.0 Å². The first-order valence-electron chi connectivity index (χ1n) is 9.12. The van der Waals surface area contributed by atoms with Crippen molar-refractivity contribution in [3.05, 3.63) is 78.4 Å². The maximum absolute atomic E-state index is 12.2. The molecule has 0 spiro atoms. The first kappa shape index (κ1) is 17.8. The molecule has 5 nitrogen and oxygen atoms in total. The first-order chi connectivity index (χ1) is 13.6. The van der Waals surface area contributed by atoms with Crippen LogP contribution < -0.4 is 10.1 Å². The van der Waals surface area contributed by atoms with Gasteiger partial charge in [-0.25, -0.2) is 4.98 Å². The van der Waals surface area contributed by atoms with Crippen LogP contribution in [0.25, 0.3) is 22.4 Å². The minimum absolute atomic E-state index is 0.0304. The van der Waals surface area contributed by atoms with E-state index in [0.717, 1.165) is 39.4 Å². The number of ether oxygens (including phenoxy) is 1. The van der Waals surface area contributed by atoms with E-state index in [1.54, 1.807) is 0 Å². The molecule has 28 heavy (non-hydrogen) atoms. The van der Waals surface area contributed by atoms with E-state index in [4.69, 9.17) is 9.72 Å². The minimum Gasteiger partial charge on any atom is -0.483 e. The minimum atomic E-state index is -0.196. The van der Waals surface area contributed by atoms with Gasteiger partial charge in [-0.05, 0) is 55.0 Å². The monoisotopic (exact) mass is 371 g/mol. The lowest BCUT2D eigenvalue weighted by molar-refractivity contribution is -0.118. The number of imidazole rings is 1. The van der Waals surface area contributed by atoms with Crippen molar-refractivity contribution in [2.45, 2.75) is 6.92 Å². The number of hydrogen-bond acceptors (Lipinski definition) is 3. The van der Waals surface area contributed by atoms with E-state index < -0.39 is 0 Å². The van der Waals surface area contributed by atoms with Crippen LogP contribution in [0.3, 0.4) is 0 Å². The lowest BCUT2D eigenvalue weighted by Crippen LogP contribution is -2.20. The number of benzene rings is 3. The molecule has 5 heteroatoms. The fourth-order valence-corrected chi connectivity index (χ4v) is 3.17. The highest BCUT2D eigenvalue weighted by Gasteiger charge is 2.10. The maximum Gasteiger partial charge on any atom is 0.262 e. The molecular formula is C23H21N3O2. The number of nitrogens with one attached hydrogen (secondary N) is 1. The third-order valence-corrected chi connectivity index (χ3v) is 4.67. The van der Waals surface area contributed by atoms with E-state index in [-0.39, 0.29) is 12.5 Å². The lowest BCUT2D eigenvalue weighted by Gasteiger charge is -2.10. The van der Waals surface area contributed by atoms with Gasteiger partial charge >= 0.3 is 0 Å². The van der Waals surface area contributed by atoms with Crippen LogP contribution in [0.1, 0.15) is 5.56 Å². The Bertz CT molecular complexity index is 1130. The van der Waals surface area contributed by atoms with Gasteiger partial charge < -0.3 is 14.6 Å². The Morgan fingerprint density at radius 1 is 1.00 bits per heavy atom. The normalized spacial score (nSPS) is 10.8. The molecule has 1 N–H and O–H groups in total. The van der Waals surface area contributed by atoms with Crippen LogP contribution in [-0.2, 0) is 11.8 Å². The third kappa shape index (κ3) is 3.60. The second kappa shape index (κ2) is 7.56. The number of hydrogen-bond donors (Lipinski definition) is 1. The molecule has 0 aliphatic carbocycles. The Labute approximate surface area is 163 Å². The van der Waals surface area contributed by atoms with Crippen molar-refractivity contribution in [2.75, 3.05) is 11.9 Å². The maximum atomic E-state index is 12.2. The van der Waals surface area contributed by atoms with E-state index in [1.165, 1.54) is 0 Å². The second-order valence-electron chi connectivity index (χ2n) is 6.66. The first-order valence-corrected chi connectivity index (χ1v) is 9.12. The molecule has 0 saturated heterocycles. The number of anilines is 1. The van der Waals surface area contributed by atoms with E-state index in [9.17, 15) is 4.79 Å². The van der Waals surface area contributed by atoms with Crippen LogP contribution in [0, 0.1) is 6.92 Å². The van der Waals surface area contributed by atoms with Crippen molar-refractivity contribution < 1.29 is 9.53 Å². The van der Waals surface area contributed by atoms with E-state index in [1.807, 2.05) is 80.7 Å². The molecule has 0 aliphatic heterocycles. The predicted octanol–water partition coefficient (Wildman–Crippen LogP) is 4.57. The molecular weight excluding hydrogens is 350 g/mol. The Balaban J connectivity index is 1.43. The molecule has 4 aromatic rings. The van der Waals surface area contributed by atoms with Crippen molar-refractivity contribution in [3.8, 4) is 17.1 Å². The van der Waals surface area contributed by atoms with Gasteiger partial charge in [0.15, 0.2) is 6.61 Å². The van der Waals surface area contributed by atoms with Crippen LogP contribution in [0.4, 0.5) is 5.69 Å². The fraction of sp³-hybridized carbons (Fsp3) is 0.130. The average Bonchev–Trinajstić information content (AvgIpc) is 3.05. The van der Waals surface area contributed by atoms with Gasteiger partial charge in [-0.15, -0.1) is 0 Å². The Morgan fingerprint density at radius 3 is 2.46 bits per heavy atom. The van der Waals surface area contributed by atoms with Gasteiger partial charge in [0, 0.05) is 18.3 Å². The fourth-order valence-electron chi connectivity index (χ4n) is 3.17. The summed E-state index contributed by atoms with van der Waals surface area (Å²) in [5.41, 5.74) is 4.77. The molecule has 1 aromatic heterocycles. The van der Waals surface area contributed by atoms with Crippen molar-refractivity contribution in [1.29, 1.82) is 0 Å². The zero-order chi connectivity index (χ0) is 19.5. The molecule has 1 amide bonds. The molecule has 0 unspecified atom stereocenters. The SMILES string of the molecule is Cc1ccccc1OCC(=O)Nc1ccc(-c2nc3ccccc3n2C)cc1. The van der Waals surface area contributed by atoms with Gasteiger partial charge in [0.1, 0.15) is 11.6 Å². The number of fused-ring (bicyclic) bond motifs is 1. The van der Waals surface area contributed by atoms with Crippen LogP contribution in [0.2, 0.25) is 0 Å². The van der Waals surface area contributed by atoms with Crippen molar-refractivity contribution in [1.82, 2.24) is 9.55 Å². The van der Waals surface area contributed by atoms with Crippen LogP contribution >= 0.6 is 0 Å². The van der Waals surface area contributed by atoms with Gasteiger partial charge in [0.2, 0.25) is 0 Å². The van der Waals surface area contributed by atoms with Gasteiger partial charge in [0.25, 0.3) is 5.91 Å². The molecule has 0 aliphatic rings. The Morgan fingerprint density at radius 2 is 1.71 bits per heavy atom. The number of nitrogens with zero attached hydrogens (tertiary/aromatic N) is 2. The number of para-hydroxylation sites is 3. The van der Waals surface area contributed by atoms with Gasteiger partial charge in [-0.2, -0.15) is 0 Å². The van der Waals surface area contributed by atoms with Gasteiger partial charge in [-0.1, -0.05) is 30.3 Å². The quantitative estimate of drug-likeness (QED) is 0.559. The molecule has 0 saturated carbocycles. The molecule has 0 fully saturated rings. The summed E-state index contributed by atoms with van der Waals surface area (Å²) in [7, 11) is 2.00. The number of amides is 1. The summed E-state index contributed by atoms with van der Waals surface area (Å²) in [4.78, 5) is 16.9. The number of carbonyl (C=O) groups excluding carboxylic acids is 1. The summed E-state index contributed by atoms with van der Waals surface area (Å²) in [6.45, 7) is 1.92. The number of carbonyl (C=O) groups is 1. The molecule has 3 aromatic carbocycles. The highest BCUT2D eigenvalue weighted by atomic mass is 16.5. The summed E-state index contributed by atoms with van der Waals surface area (Å²) >= 11 is 0. The van der Waals surface area contributed by atoms with Crippen LogP contribution in [0.15, 0.2) is 72.8 Å². The lowest BCUT2D eigenvalue weighted by atomic mass is 10.2. The van der Waals surface area contributed by atoms with Crippen molar-refractivity contribution >= 4 is 22.6 Å². The molecule has 0 bridgehead atoms. The largest absolute Gasteiger partial charge is 0.483 e. The highest BCUT2D eigenvalue weighted by molar-refractivity contribution is 5.92. The summed E-state index contributed by atoms with van der Waals surface area (Å²) in [6.07, 6.45) is 0. The number of rotatable bonds is 5. The standard InChI is InChI=1S/C23H21N3O2/c1-16-7-3-6-10-21(16)28-15-22(27)24-18-13-11-17(12-14-18)23-25-19-8-4-5-9-20(19)26(23)2/h3-14H,15H2,1-2H3,(H,24,27). The van der Waals surface area contributed by atoms with E-state index in [0.29, 0.717) is 0 Å². The number of aromatic nitrogens is 2. The Kier molecular flexibility index (Phi) is 4.81. The zero-order valence-corrected chi connectivity index (χ0v) is 15.8. The molecule has 140 valence electrons. The van der Waals surface area contributed by atoms with Crippen molar-refractivity contribution in [3.63, 3.8) is 0 Å². The number of aryl methyl sites for hydroxylation is 2. The average molecular weight is 371 g/mol. The van der Waals surface area contributed by atoms with E-state index >= 15 is 0 Å².